The van der Waals surface area contributed by atoms with Crippen LogP contribution >= 0.6 is 12.2 Å². The molecule has 0 bridgehead atoms. The summed E-state index contributed by atoms with van der Waals surface area (Å²) < 4.78 is 20.7. The smallest absolute Gasteiger partial charge is 0.337 e. The van der Waals surface area contributed by atoms with Gasteiger partial charge in [0.2, 0.25) is 0 Å². The average molecular weight is 501 g/mol. The molecule has 6 nitrogen and oxygen atoms in total. The van der Waals surface area contributed by atoms with E-state index in [2.05, 4.69) is 27.9 Å². The second-order valence-electron chi connectivity index (χ2n) is 8.67. The van der Waals surface area contributed by atoms with Crippen molar-refractivity contribution in [3.63, 3.8) is 0 Å². The minimum Gasteiger partial charge on any atom is -0.465 e. The number of esters is 1. The summed E-state index contributed by atoms with van der Waals surface area (Å²) in [7, 11) is 1.37. The Labute approximate surface area is 214 Å². The van der Waals surface area contributed by atoms with Gasteiger partial charge in [0.05, 0.1) is 30.5 Å². The van der Waals surface area contributed by atoms with Crippen molar-refractivity contribution in [2.24, 2.45) is 0 Å². The van der Waals surface area contributed by atoms with Gasteiger partial charge in [0.15, 0.2) is 5.11 Å². The van der Waals surface area contributed by atoms with Crippen molar-refractivity contribution >= 4 is 29.0 Å². The van der Waals surface area contributed by atoms with E-state index in [4.69, 9.17) is 17.0 Å². The summed E-state index contributed by atoms with van der Waals surface area (Å²) in [6.45, 7) is 4.11. The minimum absolute atomic E-state index is 0.209. The molecule has 4 aromatic rings. The average Bonchev–Trinajstić information content (AvgIpc) is 3.39. The molecule has 0 spiro atoms. The van der Waals surface area contributed by atoms with Crippen LogP contribution in [0, 0.1) is 19.7 Å². The molecule has 0 radical (unpaired) electrons. The highest BCUT2D eigenvalue weighted by Crippen LogP contribution is 2.43. The van der Waals surface area contributed by atoms with Gasteiger partial charge in [-0.1, -0.05) is 6.07 Å². The topological polar surface area (TPSA) is 59.4 Å². The van der Waals surface area contributed by atoms with E-state index in [1.165, 1.54) is 19.2 Å². The standard InChI is InChI=1S/C28H25FN4O2S/c1-17-16-23(18(2)32(17)21-11-7-19(8-12-21)27(34)35-3)26-25(24-6-4-5-15-30-24)31-28(36)33(26)22-13-9-20(29)10-14-22/h4-16,25-26H,1-3H3,(H,31,36)/t25-,26-/m0/s1. The number of thiocarbonyl (C=S) groups is 1. The number of nitrogens with zero attached hydrogens (tertiary/aromatic N) is 3. The number of methoxy groups -OCH3 is 1. The molecule has 1 aliphatic rings. The quantitative estimate of drug-likeness (QED) is 0.285. The molecule has 3 heterocycles. The lowest BCUT2D eigenvalue weighted by Crippen LogP contribution is -2.29. The number of anilines is 1. The Morgan fingerprint density at radius 3 is 2.36 bits per heavy atom. The van der Waals surface area contributed by atoms with E-state index in [0.717, 1.165) is 34.0 Å². The van der Waals surface area contributed by atoms with Crippen LogP contribution in [-0.2, 0) is 4.74 Å². The van der Waals surface area contributed by atoms with E-state index in [1.54, 1.807) is 30.5 Å². The third-order valence-electron chi connectivity index (χ3n) is 6.54. The molecule has 2 aromatic heterocycles. The van der Waals surface area contributed by atoms with Crippen LogP contribution in [0.1, 0.15) is 45.1 Å². The molecule has 2 aromatic carbocycles. The van der Waals surface area contributed by atoms with Crippen LogP contribution in [0.15, 0.2) is 79.0 Å². The van der Waals surface area contributed by atoms with Crippen molar-refractivity contribution in [3.8, 4) is 5.69 Å². The lowest BCUT2D eigenvalue weighted by Gasteiger charge is -2.28. The fourth-order valence-corrected chi connectivity index (χ4v) is 5.25. The van der Waals surface area contributed by atoms with Crippen LogP contribution < -0.4 is 10.2 Å². The van der Waals surface area contributed by atoms with E-state index in [9.17, 15) is 9.18 Å². The van der Waals surface area contributed by atoms with Crippen LogP contribution in [0.5, 0.6) is 0 Å². The third kappa shape index (κ3) is 4.13. The highest BCUT2D eigenvalue weighted by molar-refractivity contribution is 7.80. The van der Waals surface area contributed by atoms with Crippen molar-refractivity contribution in [2.75, 3.05) is 12.0 Å². The van der Waals surface area contributed by atoms with Crippen molar-refractivity contribution < 1.29 is 13.9 Å². The number of halogens is 1. The Bertz CT molecular complexity index is 1420. The van der Waals surface area contributed by atoms with Crippen LogP contribution in [0.2, 0.25) is 0 Å². The highest BCUT2D eigenvalue weighted by Gasteiger charge is 2.42. The van der Waals surface area contributed by atoms with Crippen molar-refractivity contribution in [1.82, 2.24) is 14.9 Å². The fraction of sp³-hybridized carbons (Fsp3) is 0.179. The number of carbonyl (C=O) groups is 1. The zero-order valence-electron chi connectivity index (χ0n) is 20.1. The van der Waals surface area contributed by atoms with Gasteiger partial charge in [0.25, 0.3) is 0 Å². The summed E-state index contributed by atoms with van der Waals surface area (Å²) in [5, 5.41) is 3.99. The minimum atomic E-state index is -0.373. The molecule has 36 heavy (non-hydrogen) atoms. The maximum Gasteiger partial charge on any atom is 0.337 e. The Kier molecular flexibility index (Phi) is 6.28. The van der Waals surface area contributed by atoms with Gasteiger partial charge < -0.3 is 19.5 Å². The molecule has 1 N–H and O–H groups in total. The van der Waals surface area contributed by atoms with Crippen molar-refractivity contribution in [2.45, 2.75) is 25.9 Å². The number of carbonyl (C=O) groups excluding carboxylic acids is 1. The first kappa shape index (κ1) is 23.7. The van der Waals surface area contributed by atoms with E-state index < -0.39 is 0 Å². The van der Waals surface area contributed by atoms with Gasteiger partial charge >= 0.3 is 5.97 Å². The maximum absolute atomic E-state index is 13.7. The molecule has 182 valence electrons. The van der Waals surface area contributed by atoms with Crippen molar-refractivity contribution in [1.29, 1.82) is 0 Å². The van der Waals surface area contributed by atoms with Crippen LogP contribution in [0.3, 0.4) is 0 Å². The maximum atomic E-state index is 13.7. The van der Waals surface area contributed by atoms with E-state index in [-0.39, 0.29) is 23.9 Å². The van der Waals surface area contributed by atoms with Gasteiger partial charge in [-0.15, -0.1) is 0 Å². The summed E-state index contributed by atoms with van der Waals surface area (Å²) in [6, 6.07) is 21.2. The molecule has 0 unspecified atom stereocenters. The third-order valence-corrected chi connectivity index (χ3v) is 6.85. The Hall–Kier alpha value is -4.04. The second kappa shape index (κ2) is 9.54. The van der Waals surface area contributed by atoms with Gasteiger partial charge in [-0.25, -0.2) is 9.18 Å². The first-order valence-corrected chi connectivity index (χ1v) is 11.9. The number of hydrogen-bond acceptors (Lipinski definition) is 4. The molecule has 1 saturated heterocycles. The molecule has 5 rings (SSSR count). The number of aryl methyl sites for hydroxylation is 1. The molecule has 2 atom stereocenters. The van der Waals surface area contributed by atoms with Crippen LogP contribution in [0.4, 0.5) is 10.1 Å². The number of benzene rings is 2. The molecular formula is C28H25FN4O2S. The molecule has 8 heteroatoms. The number of nitrogens with one attached hydrogen (secondary N) is 1. The number of ether oxygens (including phenoxy) is 1. The van der Waals surface area contributed by atoms with E-state index >= 15 is 0 Å². The van der Waals surface area contributed by atoms with Crippen LogP contribution in [0.25, 0.3) is 5.69 Å². The normalized spacial score (nSPS) is 17.2. The summed E-state index contributed by atoms with van der Waals surface area (Å²) in [4.78, 5) is 18.5. The molecule has 1 aliphatic heterocycles. The summed E-state index contributed by atoms with van der Waals surface area (Å²) >= 11 is 5.78. The van der Waals surface area contributed by atoms with Gasteiger partial charge in [-0.05, 0) is 98.4 Å². The molecule has 0 aliphatic carbocycles. The fourth-order valence-electron chi connectivity index (χ4n) is 4.90. The number of aromatic nitrogens is 2. The predicted octanol–water partition coefficient (Wildman–Crippen LogP) is 5.59. The Morgan fingerprint density at radius 2 is 1.72 bits per heavy atom. The van der Waals surface area contributed by atoms with Gasteiger partial charge in [0, 0.05) is 29.0 Å². The molecule has 0 saturated carbocycles. The van der Waals surface area contributed by atoms with E-state index in [1.807, 2.05) is 42.2 Å². The first-order chi connectivity index (χ1) is 17.4. The highest BCUT2D eigenvalue weighted by atomic mass is 32.1. The number of hydrogen-bond donors (Lipinski definition) is 1. The monoisotopic (exact) mass is 500 g/mol. The summed E-state index contributed by atoms with van der Waals surface area (Å²) in [5.41, 5.74) is 6.21. The first-order valence-electron chi connectivity index (χ1n) is 11.5. The zero-order valence-corrected chi connectivity index (χ0v) is 20.9. The van der Waals surface area contributed by atoms with Gasteiger partial charge in [-0.2, -0.15) is 0 Å². The van der Waals surface area contributed by atoms with Gasteiger partial charge in [-0.3, -0.25) is 4.98 Å². The lowest BCUT2D eigenvalue weighted by atomic mass is 9.96. The summed E-state index contributed by atoms with van der Waals surface area (Å²) in [5.74, 6) is -0.676. The Morgan fingerprint density at radius 1 is 1.03 bits per heavy atom. The molecular weight excluding hydrogens is 475 g/mol. The number of pyridine rings is 1. The Balaban J connectivity index is 1.63. The van der Waals surface area contributed by atoms with Crippen LogP contribution in [-0.4, -0.2) is 27.7 Å². The summed E-state index contributed by atoms with van der Waals surface area (Å²) in [6.07, 6.45) is 1.77. The largest absolute Gasteiger partial charge is 0.465 e. The predicted molar refractivity (Wildman–Crippen MR) is 141 cm³/mol. The van der Waals surface area contributed by atoms with Crippen molar-refractivity contribution in [3.05, 3.63) is 113 Å². The molecule has 1 fully saturated rings. The number of rotatable bonds is 5. The SMILES string of the molecule is COC(=O)c1ccc(-n2c(C)cc([C@H]3[C@H](c4ccccn4)NC(=S)N3c3ccc(F)cc3)c2C)cc1. The molecule has 0 amide bonds. The van der Waals surface area contributed by atoms with E-state index in [0.29, 0.717) is 10.7 Å². The van der Waals surface area contributed by atoms with Gasteiger partial charge in [0.1, 0.15) is 5.82 Å². The lowest BCUT2D eigenvalue weighted by molar-refractivity contribution is 0.0600. The second-order valence-corrected chi connectivity index (χ2v) is 9.06. The zero-order chi connectivity index (χ0) is 25.4.